The zero-order valence-corrected chi connectivity index (χ0v) is 18.4. The van der Waals surface area contributed by atoms with Crippen LogP contribution in [0.3, 0.4) is 0 Å². The van der Waals surface area contributed by atoms with Crippen LogP contribution in [0.15, 0.2) is 64.6 Å². The van der Waals surface area contributed by atoms with Gasteiger partial charge in [-0.3, -0.25) is 4.79 Å². The number of benzene rings is 2. The Morgan fingerprint density at radius 3 is 2.45 bits per heavy atom. The zero-order chi connectivity index (χ0) is 21.0. The molecule has 3 rings (SSSR count). The van der Waals surface area contributed by atoms with Crippen molar-refractivity contribution in [3.63, 3.8) is 0 Å². The maximum Gasteiger partial charge on any atom is 0.262 e. The van der Waals surface area contributed by atoms with Crippen molar-refractivity contribution >= 4 is 39.5 Å². The highest BCUT2D eigenvalue weighted by Crippen LogP contribution is 2.24. The van der Waals surface area contributed by atoms with Crippen molar-refractivity contribution in [2.24, 2.45) is 0 Å². The standard InChI is InChI=1S/C23H19BrClN3O/c1-15-11-18(16(2)28(15)22-9-5-20(24)6-10-22)12-19(13-26)23(29)27-14-17-3-7-21(25)8-4-17/h3-12H,14H2,1-2H3,(H,27,29)/b19-12+. The van der Waals surface area contributed by atoms with E-state index in [0.29, 0.717) is 11.6 Å². The Morgan fingerprint density at radius 2 is 1.83 bits per heavy atom. The van der Waals surface area contributed by atoms with Crippen LogP contribution in [0.1, 0.15) is 22.5 Å². The molecule has 1 aromatic heterocycles. The van der Waals surface area contributed by atoms with Crippen LogP contribution < -0.4 is 5.32 Å². The number of amides is 1. The van der Waals surface area contributed by atoms with Gasteiger partial charge in [0, 0.05) is 33.1 Å². The summed E-state index contributed by atoms with van der Waals surface area (Å²) in [6.45, 7) is 4.30. The monoisotopic (exact) mass is 467 g/mol. The largest absolute Gasteiger partial charge is 0.347 e. The first-order valence-corrected chi connectivity index (χ1v) is 10.2. The van der Waals surface area contributed by atoms with Crippen molar-refractivity contribution < 1.29 is 4.79 Å². The molecule has 6 heteroatoms. The van der Waals surface area contributed by atoms with Crippen molar-refractivity contribution in [2.45, 2.75) is 20.4 Å². The summed E-state index contributed by atoms with van der Waals surface area (Å²) >= 11 is 9.32. The van der Waals surface area contributed by atoms with Gasteiger partial charge in [-0.1, -0.05) is 39.7 Å². The van der Waals surface area contributed by atoms with Crippen LogP contribution in [-0.2, 0) is 11.3 Å². The van der Waals surface area contributed by atoms with Gasteiger partial charge < -0.3 is 9.88 Å². The molecule has 0 fully saturated rings. The molecule has 1 heterocycles. The van der Waals surface area contributed by atoms with E-state index in [2.05, 4.69) is 25.8 Å². The molecule has 0 radical (unpaired) electrons. The third kappa shape index (κ3) is 4.97. The van der Waals surface area contributed by atoms with Crippen LogP contribution in [0.4, 0.5) is 0 Å². The summed E-state index contributed by atoms with van der Waals surface area (Å²) < 4.78 is 3.10. The number of rotatable bonds is 5. The highest BCUT2D eigenvalue weighted by molar-refractivity contribution is 9.10. The number of nitrogens with zero attached hydrogens (tertiary/aromatic N) is 2. The molecule has 0 bridgehead atoms. The molecular weight excluding hydrogens is 450 g/mol. The van der Waals surface area contributed by atoms with Gasteiger partial charge in [0.15, 0.2) is 0 Å². The Labute approximate surface area is 183 Å². The van der Waals surface area contributed by atoms with Crippen LogP contribution in [0, 0.1) is 25.2 Å². The second kappa shape index (κ2) is 9.13. The smallest absolute Gasteiger partial charge is 0.262 e. The van der Waals surface area contributed by atoms with Gasteiger partial charge in [-0.05, 0) is 73.5 Å². The zero-order valence-electron chi connectivity index (χ0n) is 16.0. The minimum Gasteiger partial charge on any atom is -0.347 e. The molecular formula is C23H19BrClN3O. The van der Waals surface area contributed by atoms with E-state index in [1.807, 2.05) is 62.4 Å². The summed E-state index contributed by atoms with van der Waals surface area (Å²) in [6, 6.07) is 19.2. The molecule has 3 aromatic rings. The number of nitriles is 1. The van der Waals surface area contributed by atoms with E-state index in [4.69, 9.17) is 11.6 Å². The quantitative estimate of drug-likeness (QED) is 0.384. The maximum atomic E-state index is 12.5. The van der Waals surface area contributed by atoms with E-state index in [1.165, 1.54) is 0 Å². The van der Waals surface area contributed by atoms with Gasteiger partial charge in [0.05, 0.1) is 0 Å². The van der Waals surface area contributed by atoms with Gasteiger partial charge in [0.25, 0.3) is 5.91 Å². The predicted octanol–water partition coefficient (Wildman–Crippen LogP) is 5.73. The molecule has 0 atom stereocenters. The second-order valence-corrected chi connectivity index (χ2v) is 7.97. The summed E-state index contributed by atoms with van der Waals surface area (Å²) in [5, 5.41) is 12.9. The summed E-state index contributed by atoms with van der Waals surface area (Å²) in [5.41, 5.74) is 4.82. The molecule has 0 unspecified atom stereocenters. The van der Waals surface area contributed by atoms with E-state index >= 15 is 0 Å². The summed E-state index contributed by atoms with van der Waals surface area (Å²) in [6.07, 6.45) is 1.63. The minimum atomic E-state index is -0.407. The van der Waals surface area contributed by atoms with Crippen LogP contribution in [0.25, 0.3) is 11.8 Å². The van der Waals surface area contributed by atoms with E-state index in [9.17, 15) is 10.1 Å². The number of aryl methyl sites for hydroxylation is 1. The first kappa shape index (κ1) is 20.9. The Kier molecular flexibility index (Phi) is 6.58. The fourth-order valence-electron chi connectivity index (χ4n) is 3.11. The molecule has 1 amide bonds. The van der Waals surface area contributed by atoms with Crippen LogP contribution in [0.5, 0.6) is 0 Å². The van der Waals surface area contributed by atoms with Gasteiger partial charge in [-0.25, -0.2) is 0 Å². The molecule has 1 N–H and O–H groups in total. The molecule has 0 saturated carbocycles. The first-order chi connectivity index (χ1) is 13.9. The minimum absolute atomic E-state index is 0.0648. The van der Waals surface area contributed by atoms with E-state index in [-0.39, 0.29) is 5.57 Å². The SMILES string of the molecule is Cc1cc(/C=C(\C#N)C(=O)NCc2ccc(Cl)cc2)c(C)n1-c1ccc(Br)cc1. The number of hydrogen-bond acceptors (Lipinski definition) is 2. The van der Waals surface area contributed by atoms with Gasteiger partial charge in [0.1, 0.15) is 11.6 Å². The van der Waals surface area contributed by atoms with Gasteiger partial charge in [-0.15, -0.1) is 0 Å². The normalized spacial score (nSPS) is 11.2. The molecule has 0 aliphatic heterocycles. The number of nitrogens with one attached hydrogen (secondary N) is 1. The third-order valence-corrected chi connectivity index (χ3v) is 5.37. The Balaban J connectivity index is 1.82. The number of halogens is 2. The second-order valence-electron chi connectivity index (χ2n) is 6.62. The predicted molar refractivity (Wildman–Crippen MR) is 120 cm³/mol. The fraction of sp³-hybridized carbons (Fsp3) is 0.130. The molecule has 0 saturated heterocycles. The molecule has 146 valence electrons. The maximum absolute atomic E-state index is 12.5. The lowest BCUT2D eigenvalue weighted by atomic mass is 10.1. The summed E-state index contributed by atoms with van der Waals surface area (Å²) in [7, 11) is 0. The molecule has 4 nitrogen and oxygen atoms in total. The summed E-state index contributed by atoms with van der Waals surface area (Å²) in [5.74, 6) is -0.407. The van der Waals surface area contributed by atoms with Gasteiger partial charge in [-0.2, -0.15) is 5.26 Å². The molecule has 29 heavy (non-hydrogen) atoms. The third-order valence-electron chi connectivity index (χ3n) is 4.59. The fourth-order valence-corrected chi connectivity index (χ4v) is 3.50. The lowest BCUT2D eigenvalue weighted by molar-refractivity contribution is -0.117. The van der Waals surface area contributed by atoms with Gasteiger partial charge >= 0.3 is 0 Å². The van der Waals surface area contributed by atoms with Crippen LogP contribution in [0.2, 0.25) is 5.02 Å². The van der Waals surface area contributed by atoms with E-state index in [1.54, 1.807) is 18.2 Å². The number of carbonyl (C=O) groups is 1. The van der Waals surface area contributed by atoms with Crippen molar-refractivity contribution in [3.05, 3.63) is 92.2 Å². The van der Waals surface area contributed by atoms with Crippen molar-refractivity contribution in [1.29, 1.82) is 5.26 Å². The molecule has 0 aliphatic carbocycles. The van der Waals surface area contributed by atoms with Crippen molar-refractivity contribution in [1.82, 2.24) is 9.88 Å². The number of aromatic nitrogens is 1. The van der Waals surface area contributed by atoms with Crippen molar-refractivity contribution in [3.8, 4) is 11.8 Å². The summed E-state index contributed by atoms with van der Waals surface area (Å²) in [4.78, 5) is 12.5. The van der Waals surface area contributed by atoms with Crippen molar-refractivity contribution in [2.75, 3.05) is 0 Å². The Hall–Kier alpha value is -2.81. The van der Waals surface area contributed by atoms with Crippen LogP contribution >= 0.6 is 27.5 Å². The highest BCUT2D eigenvalue weighted by Gasteiger charge is 2.13. The lowest BCUT2D eigenvalue weighted by Gasteiger charge is -2.10. The average Bonchev–Trinajstić information content (AvgIpc) is 2.99. The first-order valence-electron chi connectivity index (χ1n) is 8.98. The topological polar surface area (TPSA) is 57.8 Å². The molecule has 0 spiro atoms. The highest BCUT2D eigenvalue weighted by atomic mass is 79.9. The van der Waals surface area contributed by atoms with Gasteiger partial charge in [0.2, 0.25) is 0 Å². The van der Waals surface area contributed by atoms with E-state index in [0.717, 1.165) is 32.7 Å². The molecule has 2 aromatic carbocycles. The molecule has 0 aliphatic rings. The van der Waals surface area contributed by atoms with E-state index < -0.39 is 5.91 Å². The lowest BCUT2D eigenvalue weighted by Crippen LogP contribution is -2.23. The van der Waals surface area contributed by atoms with Crippen LogP contribution in [-0.4, -0.2) is 10.5 Å². The number of carbonyl (C=O) groups excluding carboxylic acids is 1. The number of hydrogen-bond donors (Lipinski definition) is 1. The Bertz CT molecular complexity index is 1110. The Morgan fingerprint density at radius 1 is 1.17 bits per heavy atom. The average molecular weight is 469 g/mol.